The van der Waals surface area contributed by atoms with E-state index in [1.807, 2.05) is 0 Å². The predicted molar refractivity (Wildman–Crippen MR) is 71.9 cm³/mol. The van der Waals surface area contributed by atoms with E-state index < -0.39 is 0 Å². The van der Waals surface area contributed by atoms with Gasteiger partial charge in [-0.2, -0.15) is 5.06 Å². The highest BCUT2D eigenvalue weighted by Crippen LogP contribution is 2.38. The second-order valence-corrected chi connectivity index (χ2v) is 6.44. The van der Waals surface area contributed by atoms with Crippen LogP contribution in [0.1, 0.15) is 52.9 Å². The van der Waals surface area contributed by atoms with Crippen LogP contribution in [0.3, 0.4) is 0 Å². The van der Waals surface area contributed by atoms with Gasteiger partial charge in [0.15, 0.2) is 0 Å². The van der Waals surface area contributed by atoms with Crippen LogP contribution in [0.2, 0.25) is 0 Å². The van der Waals surface area contributed by atoms with Crippen molar-refractivity contribution in [1.29, 1.82) is 0 Å². The van der Waals surface area contributed by atoms with E-state index in [-0.39, 0.29) is 17.8 Å². The molecule has 0 bridgehead atoms. The topological polar surface area (TPSA) is 46.6 Å². The number of amides is 1. The molecule has 0 aromatic carbocycles. The fourth-order valence-corrected chi connectivity index (χ4v) is 3.37. The van der Waals surface area contributed by atoms with E-state index in [0.29, 0.717) is 30.7 Å². The minimum Gasteiger partial charge on any atom is -0.338 e. The molecule has 1 saturated carbocycles. The lowest BCUT2D eigenvalue weighted by Gasteiger charge is -2.36. The Labute approximate surface area is 115 Å². The van der Waals surface area contributed by atoms with Gasteiger partial charge in [-0.25, -0.2) is 4.79 Å². The summed E-state index contributed by atoms with van der Waals surface area (Å²) < 4.78 is 0. The van der Waals surface area contributed by atoms with Gasteiger partial charge in [-0.15, -0.1) is 0 Å². The third-order valence-electron chi connectivity index (χ3n) is 4.56. The van der Waals surface area contributed by atoms with Crippen LogP contribution in [0.15, 0.2) is 0 Å². The fraction of sp³-hybridized carbons (Fsp3) is 0.867. The highest BCUT2D eigenvalue weighted by atomic mass is 16.7. The molecule has 1 heterocycles. The van der Waals surface area contributed by atoms with Crippen LogP contribution < -0.4 is 0 Å². The third kappa shape index (κ3) is 3.28. The SMILES string of the molecule is CC1CCC(C(C)C)C(C(=O)ON2CCCC2=O)C1. The Balaban J connectivity index is 2.00. The first-order valence-corrected chi connectivity index (χ1v) is 7.51. The summed E-state index contributed by atoms with van der Waals surface area (Å²) in [5, 5.41) is 1.26. The number of nitrogens with zero attached hydrogens (tertiary/aromatic N) is 1. The zero-order chi connectivity index (χ0) is 14.0. The van der Waals surface area contributed by atoms with Crippen molar-refractivity contribution in [2.24, 2.45) is 23.7 Å². The molecule has 4 heteroatoms. The molecule has 3 unspecified atom stereocenters. The summed E-state index contributed by atoms with van der Waals surface area (Å²) in [4.78, 5) is 29.2. The summed E-state index contributed by atoms with van der Waals surface area (Å²) in [5.41, 5.74) is 0. The van der Waals surface area contributed by atoms with Gasteiger partial charge in [0, 0.05) is 6.42 Å². The van der Waals surface area contributed by atoms with Gasteiger partial charge in [0.2, 0.25) is 0 Å². The zero-order valence-electron chi connectivity index (χ0n) is 12.2. The molecule has 1 aliphatic heterocycles. The van der Waals surface area contributed by atoms with E-state index in [4.69, 9.17) is 4.84 Å². The molecule has 3 atom stereocenters. The molecule has 2 rings (SSSR count). The van der Waals surface area contributed by atoms with E-state index in [1.165, 1.54) is 11.5 Å². The molecule has 2 aliphatic rings. The summed E-state index contributed by atoms with van der Waals surface area (Å²) in [6.45, 7) is 7.08. The number of hydrogen-bond acceptors (Lipinski definition) is 3. The maximum atomic E-state index is 12.3. The van der Waals surface area contributed by atoms with Crippen molar-refractivity contribution in [3.63, 3.8) is 0 Å². The van der Waals surface area contributed by atoms with Crippen LogP contribution in [-0.2, 0) is 14.4 Å². The number of carbonyl (C=O) groups excluding carboxylic acids is 2. The number of rotatable bonds is 3. The van der Waals surface area contributed by atoms with E-state index in [1.54, 1.807) is 0 Å². The first-order valence-electron chi connectivity index (χ1n) is 7.51. The highest BCUT2D eigenvalue weighted by molar-refractivity contribution is 5.80. The average Bonchev–Trinajstić information content (AvgIpc) is 2.74. The fourth-order valence-electron chi connectivity index (χ4n) is 3.37. The van der Waals surface area contributed by atoms with Crippen molar-refractivity contribution in [2.45, 2.75) is 52.9 Å². The Hall–Kier alpha value is -1.06. The maximum absolute atomic E-state index is 12.3. The van der Waals surface area contributed by atoms with Crippen LogP contribution in [0.25, 0.3) is 0 Å². The van der Waals surface area contributed by atoms with E-state index in [0.717, 1.165) is 19.3 Å². The lowest BCUT2D eigenvalue weighted by molar-refractivity contribution is -0.200. The first-order chi connectivity index (χ1) is 8.99. The maximum Gasteiger partial charge on any atom is 0.335 e. The van der Waals surface area contributed by atoms with Crippen LogP contribution in [0, 0.1) is 23.7 Å². The first kappa shape index (κ1) is 14.4. The van der Waals surface area contributed by atoms with Crippen molar-refractivity contribution in [3.8, 4) is 0 Å². The Bertz CT molecular complexity index is 353. The second kappa shape index (κ2) is 5.93. The van der Waals surface area contributed by atoms with Gasteiger partial charge < -0.3 is 4.84 Å². The second-order valence-electron chi connectivity index (χ2n) is 6.44. The molecule has 0 aromatic heterocycles. The number of hydroxylamine groups is 2. The summed E-state index contributed by atoms with van der Waals surface area (Å²) in [6.07, 6.45) is 4.47. The quantitative estimate of drug-likeness (QED) is 0.790. The highest BCUT2D eigenvalue weighted by Gasteiger charge is 2.38. The molecular formula is C15H25NO3. The molecular weight excluding hydrogens is 242 g/mol. The van der Waals surface area contributed by atoms with E-state index in [2.05, 4.69) is 20.8 Å². The van der Waals surface area contributed by atoms with Gasteiger partial charge in [0.1, 0.15) is 0 Å². The minimum atomic E-state index is -0.194. The summed E-state index contributed by atoms with van der Waals surface area (Å²) in [5.74, 6) is 1.15. The Kier molecular flexibility index (Phi) is 4.48. The van der Waals surface area contributed by atoms with Crippen LogP contribution in [0.4, 0.5) is 0 Å². The largest absolute Gasteiger partial charge is 0.338 e. The van der Waals surface area contributed by atoms with Gasteiger partial charge >= 0.3 is 5.97 Å². The van der Waals surface area contributed by atoms with E-state index >= 15 is 0 Å². The monoisotopic (exact) mass is 267 g/mol. The average molecular weight is 267 g/mol. The van der Waals surface area contributed by atoms with Crippen molar-refractivity contribution < 1.29 is 14.4 Å². The van der Waals surface area contributed by atoms with Gasteiger partial charge in [0.25, 0.3) is 5.91 Å². The van der Waals surface area contributed by atoms with Crippen molar-refractivity contribution in [3.05, 3.63) is 0 Å². The van der Waals surface area contributed by atoms with Crippen LogP contribution in [-0.4, -0.2) is 23.5 Å². The lowest BCUT2D eigenvalue weighted by atomic mass is 9.70. The Morgan fingerprint density at radius 1 is 1.37 bits per heavy atom. The molecule has 1 saturated heterocycles. The van der Waals surface area contributed by atoms with Crippen molar-refractivity contribution in [2.75, 3.05) is 6.54 Å². The molecule has 0 radical (unpaired) electrons. The molecule has 0 N–H and O–H groups in total. The van der Waals surface area contributed by atoms with Crippen LogP contribution in [0.5, 0.6) is 0 Å². The smallest absolute Gasteiger partial charge is 0.335 e. The molecule has 0 aromatic rings. The minimum absolute atomic E-state index is 0.0443. The number of carbonyl (C=O) groups is 2. The molecule has 2 fully saturated rings. The van der Waals surface area contributed by atoms with Gasteiger partial charge in [0.05, 0.1) is 12.5 Å². The van der Waals surface area contributed by atoms with E-state index in [9.17, 15) is 9.59 Å². The summed E-state index contributed by atoms with van der Waals surface area (Å²) in [6, 6.07) is 0. The normalized spacial score (nSPS) is 31.9. The zero-order valence-corrected chi connectivity index (χ0v) is 12.2. The molecule has 19 heavy (non-hydrogen) atoms. The van der Waals surface area contributed by atoms with Crippen LogP contribution >= 0.6 is 0 Å². The van der Waals surface area contributed by atoms with Gasteiger partial charge in [-0.3, -0.25) is 4.79 Å². The van der Waals surface area contributed by atoms with Crippen molar-refractivity contribution >= 4 is 11.9 Å². The lowest BCUT2D eigenvalue weighted by Crippen LogP contribution is -2.38. The third-order valence-corrected chi connectivity index (χ3v) is 4.56. The molecule has 108 valence electrons. The summed E-state index contributed by atoms with van der Waals surface area (Å²) >= 11 is 0. The number of hydrogen-bond donors (Lipinski definition) is 0. The van der Waals surface area contributed by atoms with Crippen molar-refractivity contribution in [1.82, 2.24) is 5.06 Å². The molecule has 4 nitrogen and oxygen atoms in total. The predicted octanol–water partition coefficient (Wildman–Crippen LogP) is 2.78. The Morgan fingerprint density at radius 2 is 2.11 bits per heavy atom. The Morgan fingerprint density at radius 3 is 2.68 bits per heavy atom. The molecule has 1 amide bonds. The molecule has 1 aliphatic carbocycles. The van der Waals surface area contributed by atoms with Gasteiger partial charge in [-0.05, 0) is 37.0 Å². The van der Waals surface area contributed by atoms with Gasteiger partial charge in [-0.1, -0.05) is 27.2 Å². The summed E-state index contributed by atoms with van der Waals surface area (Å²) in [7, 11) is 0. The standard InChI is InChI=1S/C15H25NO3/c1-10(2)12-7-6-11(3)9-13(12)15(18)19-16-8-4-5-14(16)17/h10-13H,4-9H2,1-3H3. The molecule has 0 spiro atoms.